The van der Waals surface area contributed by atoms with Crippen LogP contribution in [0.5, 0.6) is 0 Å². The topological polar surface area (TPSA) is 39.8 Å². The first-order valence-electron chi connectivity index (χ1n) is 4.85. The Morgan fingerprint density at radius 1 is 1.33 bits per heavy atom. The minimum absolute atomic E-state index is 0.439. The molecule has 0 atom stereocenters. The molecule has 0 radical (unpaired) electrons. The zero-order valence-corrected chi connectivity index (χ0v) is 8.77. The lowest BCUT2D eigenvalue weighted by atomic mass is 10.2. The van der Waals surface area contributed by atoms with Gasteiger partial charge in [-0.1, -0.05) is 18.2 Å². The Labute approximate surface area is 88.3 Å². The third-order valence-corrected chi connectivity index (χ3v) is 2.36. The predicted octanol–water partition coefficient (Wildman–Crippen LogP) is 2.21. The molecule has 1 aromatic heterocycles. The van der Waals surface area contributed by atoms with Gasteiger partial charge in [-0.2, -0.15) is 0 Å². The normalized spacial score (nSPS) is 11.3. The average molecular weight is 200 g/mol. The number of para-hydroxylation sites is 1. The Balaban J connectivity index is 2.82. The summed E-state index contributed by atoms with van der Waals surface area (Å²) >= 11 is 0. The van der Waals surface area contributed by atoms with Crippen LogP contribution in [0.1, 0.15) is 18.4 Å². The largest absolute Gasteiger partial charge is 0.710 e. The van der Waals surface area contributed by atoms with Gasteiger partial charge in [-0.3, -0.25) is 0 Å². The second-order valence-electron chi connectivity index (χ2n) is 3.37. The van der Waals surface area contributed by atoms with Crippen LogP contribution in [-0.4, -0.2) is 4.98 Å². The molecular formula is C12H12N2O. The quantitative estimate of drug-likeness (QED) is 0.523. The maximum Gasteiger partial charge on any atom is 0.326 e. The van der Waals surface area contributed by atoms with Crippen LogP contribution in [0, 0.1) is 12.1 Å². The van der Waals surface area contributed by atoms with Gasteiger partial charge in [-0.05, 0) is 31.0 Å². The van der Waals surface area contributed by atoms with E-state index in [2.05, 4.69) is 4.98 Å². The summed E-state index contributed by atoms with van der Waals surface area (Å²) < 4.78 is 0.863. The highest BCUT2D eigenvalue weighted by Gasteiger charge is 2.11. The Hall–Kier alpha value is -1.90. The number of aryl methyl sites for hydroxylation is 1. The van der Waals surface area contributed by atoms with Crippen LogP contribution in [0.25, 0.3) is 17.0 Å². The van der Waals surface area contributed by atoms with E-state index in [0.717, 1.165) is 15.6 Å². The first-order valence-corrected chi connectivity index (χ1v) is 4.85. The van der Waals surface area contributed by atoms with Gasteiger partial charge in [0.2, 0.25) is 0 Å². The van der Waals surface area contributed by atoms with Crippen molar-refractivity contribution in [3.8, 4) is 0 Å². The number of nitrogens with zero attached hydrogens (tertiary/aromatic N) is 2. The molecule has 0 unspecified atom stereocenters. The van der Waals surface area contributed by atoms with Gasteiger partial charge < -0.3 is 5.21 Å². The van der Waals surface area contributed by atoms with Crippen molar-refractivity contribution in [1.29, 1.82) is 0 Å². The van der Waals surface area contributed by atoms with E-state index in [9.17, 15) is 5.21 Å². The summed E-state index contributed by atoms with van der Waals surface area (Å²) in [6.07, 6.45) is 3.53. The molecule has 0 aliphatic heterocycles. The van der Waals surface area contributed by atoms with Crippen molar-refractivity contribution in [1.82, 2.24) is 4.98 Å². The summed E-state index contributed by atoms with van der Waals surface area (Å²) in [5.41, 5.74) is 1.55. The standard InChI is InChI=1S/C12H12N2O/c1-3-6-12-13-11-8-5-4-7-10(11)9(2)14(12)15/h3-8H,1-2H3/b6-3+. The lowest BCUT2D eigenvalue weighted by Crippen LogP contribution is -2.35. The summed E-state index contributed by atoms with van der Waals surface area (Å²) in [7, 11) is 0. The molecule has 3 heteroatoms. The Morgan fingerprint density at radius 3 is 2.80 bits per heavy atom. The van der Waals surface area contributed by atoms with Crippen molar-refractivity contribution >= 4 is 17.0 Å². The molecule has 0 amide bonds. The first kappa shape index (κ1) is 9.65. The Kier molecular flexibility index (Phi) is 2.37. The fourth-order valence-corrected chi connectivity index (χ4v) is 1.58. The second-order valence-corrected chi connectivity index (χ2v) is 3.37. The first-order chi connectivity index (χ1) is 7.24. The average Bonchev–Trinajstić information content (AvgIpc) is 2.26. The van der Waals surface area contributed by atoms with Crippen molar-refractivity contribution in [2.24, 2.45) is 0 Å². The zero-order chi connectivity index (χ0) is 10.8. The van der Waals surface area contributed by atoms with Gasteiger partial charge in [0.1, 0.15) is 5.69 Å². The number of benzene rings is 1. The van der Waals surface area contributed by atoms with E-state index in [1.165, 1.54) is 0 Å². The molecule has 0 bridgehead atoms. The molecule has 0 aliphatic rings. The Morgan fingerprint density at radius 2 is 2.07 bits per heavy atom. The number of hydrogen-bond acceptors (Lipinski definition) is 2. The minimum atomic E-state index is 0.439. The number of hydrogen-bond donors (Lipinski definition) is 0. The lowest BCUT2D eigenvalue weighted by Gasteiger charge is -2.08. The van der Waals surface area contributed by atoms with Crippen LogP contribution in [0.15, 0.2) is 30.3 Å². The molecule has 2 aromatic rings. The third kappa shape index (κ3) is 1.56. The lowest BCUT2D eigenvalue weighted by molar-refractivity contribution is -0.615. The predicted molar refractivity (Wildman–Crippen MR) is 60.1 cm³/mol. The highest BCUT2D eigenvalue weighted by molar-refractivity contribution is 5.80. The van der Waals surface area contributed by atoms with E-state index in [1.54, 1.807) is 6.08 Å². The minimum Gasteiger partial charge on any atom is -0.710 e. The molecule has 0 spiro atoms. The molecule has 15 heavy (non-hydrogen) atoms. The van der Waals surface area contributed by atoms with E-state index >= 15 is 0 Å². The second kappa shape index (κ2) is 3.69. The SMILES string of the molecule is C/C=C/c1nc2ccccc2c(C)[n+]1[O-]. The van der Waals surface area contributed by atoms with Crippen LogP contribution < -0.4 is 4.73 Å². The van der Waals surface area contributed by atoms with Gasteiger partial charge in [-0.15, -0.1) is 0 Å². The number of allylic oxidation sites excluding steroid dienone is 1. The van der Waals surface area contributed by atoms with E-state index in [-0.39, 0.29) is 0 Å². The molecule has 0 saturated heterocycles. The molecule has 3 nitrogen and oxygen atoms in total. The smallest absolute Gasteiger partial charge is 0.326 e. The highest BCUT2D eigenvalue weighted by Crippen LogP contribution is 2.13. The van der Waals surface area contributed by atoms with Crippen LogP contribution in [0.3, 0.4) is 0 Å². The van der Waals surface area contributed by atoms with Gasteiger partial charge in [-0.25, -0.2) is 4.73 Å². The van der Waals surface area contributed by atoms with Crippen LogP contribution >= 0.6 is 0 Å². The summed E-state index contributed by atoms with van der Waals surface area (Å²) in [6, 6.07) is 7.65. The maximum absolute atomic E-state index is 11.8. The van der Waals surface area contributed by atoms with Gasteiger partial charge in [0.05, 0.1) is 5.39 Å². The van der Waals surface area contributed by atoms with Crippen molar-refractivity contribution < 1.29 is 4.73 Å². The fraction of sp³-hybridized carbons (Fsp3) is 0.167. The third-order valence-electron chi connectivity index (χ3n) is 2.36. The van der Waals surface area contributed by atoms with Crippen LogP contribution in [-0.2, 0) is 0 Å². The molecule has 76 valence electrons. The van der Waals surface area contributed by atoms with Gasteiger partial charge in [0, 0.05) is 6.08 Å². The summed E-state index contributed by atoms with van der Waals surface area (Å²) in [6.45, 7) is 3.68. The number of fused-ring (bicyclic) bond motifs is 1. The maximum atomic E-state index is 11.8. The highest BCUT2D eigenvalue weighted by atomic mass is 16.5. The number of aromatic nitrogens is 2. The summed E-state index contributed by atoms with van der Waals surface area (Å²) in [4.78, 5) is 4.29. The molecule has 0 saturated carbocycles. The zero-order valence-electron chi connectivity index (χ0n) is 8.77. The van der Waals surface area contributed by atoms with Crippen molar-refractivity contribution in [2.45, 2.75) is 13.8 Å². The summed E-state index contributed by atoms with van der Waals surface area (Å²) in [5.74, 6) is 0.439. The van der Waals surface area contributed by atoms with E-state index < -0.39 is 0 Å². The number of rotatable bonds is 1. The molecule has 0 aliphatic carbocycles. The van der Waals surface area contributed by atoms with Gasteiger partial charge in [0.25, 0.3) is 0 Å². The summed E-state index contributed by atoms with van der Waals surface area (Å²) in [5, 5.41) is 12.7. The van der Waals surface area contributed by atoms with Gasteiger partial charge in [0.15, 0.2) is 5.52 Å². The molecular weight excluding hydrogens is 188 g/mol. The van der Waals surface area contributed by atoms with E-state index in [4.69, 9.17) is 0 Å². The van der Waals surface area contributed by atoms with Crippen molar-refractivity contribution in [3.05, 3.63) is 47.1 Å². The molecule has 0 fully saturated rings. The monoisotopic (exact) mass is 200 g/mol. The van der Waals surface area contributed by atoms with Crippen molar-refractivity contribution in [3.63, 3.8) is 0 Å². The van der Waals surface area contributed by atoms with Gasteiger partial charge >= 0.3 is 5.82 Å². The molecule has 2 rings (SSSR count). The molecule has 1 heterocycles. The van der Waals surface area contributed by atoms with E-state index in [1.807, 2.05) is 44.2 Å². The Bertz CT molecular complexity index is 532. The van der Waals surface area contributed by atoms with E-state index in [0.29, 0.717) is 11.5 Å². The molecule has 1 aromatic carbocycles. The van der Waals surface area contributed by atoms with Crippen LogP contribution in [0.4, 0.5) is 0 Å². The van der Waals surface area contributed by atoms with Crippen LogP contribution in [0.2, 0.25) is 0 Å². The molecule has 0 N–H and O–H groups in total. The van der Waals surface area contributed by atoms with Crippen molar-refractivity contribution in [2.75, 3.05) is 0 Å². The fourth-order valence-electron chi connectivity index (χ4n) is 1.58.